The molecule has 3 saturated carbocycles. The number of ether oxygens (including phenoxy) is 1. The number of hydrogen-bond acceptors (Lipinski definition) is 4. The molecule has 3 fully saturated rings. The second-order valence-corrected chi connectivity index (χ2v) is 7.56. The Morgan fingerprint density at radius 3 is 2.32 bits per heavy atom. The Bertz CT molecular complexity index is 512. The number of rotatable bonds is 4. The van der Waals surface area contributed by atoms with Gasteiger partial charge >= 0.3 is 21.3 Å². The van der Waals surface area contributed by atoms with Gasteiger partial charge in [-0.15, -0.1) is 0 Å². The predicted molar refractivity (Wildman–Crippen MR) is 58.8 cm³/mol. The van der Waals surface area contributed by atoms with Gasteiger partial charge in [-0.2, -0.15) is 17.2 Å². The van der Waals surface area contributed by atoms with Crippen LogP contribution in [-0.4, -0.2) is 30.8 Å². The maximum atomic E-state index is 13.0. The van der Waals surface area contributed by atoms with Gasteiger partial charge in [-0.1, -0.05) is 0 Å². The Balaban J connectivity index is 1.63. The van der Waals surface area contributed by atoms with Crippen molar-refractivity contribution in [2.45, 2.75) is 30.9 Å². The van der Waals surface area contributed by atoms with Crippen molar-refractivity contribution < 1.29 is 31.3 Å². The fraction of sp³-hybridized carbons (Fsp3) is 0.909. The third-order valence-electron chi connectivity index (χ3n) is 4.95. The molecule has 19 heavy (non-hydrogen) atoms. The zero-order valence-corrected chi connectivity index (χ0v) is 10.8. The van der Waals surface area contributed by atoms with Crippen molar-refractivity contribution in [3.05, 3.63) is 0 Å². The van der Waals surface area contributed by atoms with E-state index < -0.39 is 21.3 Å². The van der Waals surface area contributed by atoms with Crippen LogP contribution in [0.3, 0.4) is 0 Å². The minimum absolute atomic E-state index is 0.180. The number of hydrogen-bond donors (Lipinski definition) is 1. The van der Waals surface area contributed by atoms with Crippen LogP contribution in [0.5, 0.6) is 0 Å². The van der Waals surface area contributed by atoms with Gasteiger partial charge in [0.2, 0.25) is 0 Å². The average Bonchev–Trinajstić information content (AvgIpc) is 2.74. The molecule has 1 N–H and O–H groups in total. The number of halogens is 2. The van der Waals surface area contributed by atoms with Crippen LogP contribution in [0.25, 0.3) is 0 Å². The number of alkyl halides is 2. The van der Waals surface area contributed by atoms with Gasteiger partial charge in [-0.05, 0) is 43.4 Å². The lowest BCUT2D eigenvalue weighted by Crippen LogP contribution is -2.42. The molecular weight excluding hydrogens is 282 g/mol. The van der Waals surface area contributed by atoms with Gasteiger partial charge in [0.25, 0.3) is 0 Å². The van der Waals surface area contributed by atoms with E-state index in [9.17, 15) is 22.0 Å². The van der Waals surface area contributed by atoms with E-state index in [0.29, 0.717) is 17.8 Å². The van der Waals surface area contributed by atoms with Crippen LogP contribution in [-0.2, 0) is 19.6 Å². The highest BCUT2D eigenvalue weighted by atomic mass is 32.2. The molecule has 0 spiro atoms. The van der Waals surface area contributed by atoms with Gasteiger partial charge in [-0.25, -0.2) is 4.79 Å². The van der Waals surface area contributed by atoms with Crippen molar-refractivity contribution in [1.82, 2.24) is 0 Å². The van der Waals surface area contributed by atoms with Crippen LogP contribution < -0.4 is 0 Å². The molecule has 0 aromatic carbocycles. The average molecular weight is 296 g/mol. The maximum absolute atomic E-state index is 13.0. The van der Waals surface area contributed by atoms with Gasteiger partial charge in [0.05, 0.1) is 6.61 Å². The van der Waals surface area contributed by atoms with Crippen molar-refractivity contribution in [2.75, 3.05) is 6.61 Å². The van der Waals surface area contributed by atoms with Crippen molar-refractivity contribution >= 4 is 16.1 Å². The summed E-state index contributed by atoms with van der Waals surface area (Å²) in [6, 6.07) is 0. The van der Waals surface area contributed by atoms with Crippen LogP contribution in [0.15, 0.2) is 0 Å². The highest BCUT2D eigenvalue weighted by molar-refractivity contribution is 7.87. The third kappa shape index (κ3) is 1.79. The minimum atomic E-state index is -5.77. The van der Waals surface area contributed by atoms with E-state index in [0.717, 1.165) is 19.3 Å². The Labute approximate surface area is 109 Å². The molecule has 3 rings (SSSR count). The van der Waals surface area contributed by atoms with Gasteiger partial charge in [0, 0.05) is 5.41 Å². The van der Waals surface area contributed by atoms with E-state index in [1.54, 1.807) is 0 Å². The van der Waals surface area contributed by atoms with E-state index >= 15 is 0 Å². The molecule has 0 aromatic rings. The molecule has 3 aliphatic rings. The molecule has 0 saturated heterocycles. The number of fused-ring (bicyclic) bond motifs is 1. The van der Waals surface area contributed by atoms with Gasteiger partial charge < -0.3 is 4.74 Å². The van der Waals surface area contributed by atoms with Gasteiger partial charge in [-0.3, -0.25) is 4.55 Å². The maximum Gasteiger partial charge on any atom is 0.465 e. The first-order valence-electron chi connectivity index (χ1n) is 6.17. The zero-order chi connectivity index (χ0) is 14.1. The van der Waals surface area contributed by atoms with E-state index in [1.807, 2.05) is 0 Å². The lowest BCUT2D eigenvalue weighted by Gasteiger charge is -2.44. The van der Waals surface area contributed by atoms with Crippen LogP contribution in [0.1, 0.15) is 25.7 Å². The van der Waals surface area contributed by atoms with E-state index in [4.69, 9.17) is 4.55 Å². The normalized spacial score (nSPS) is 40.1. The summed E-state index contributed by atoms with van der Waals surface area (Å²) in [5.41, 5.74) is -0.247. The monoisotopic (exact) mass is 296 g/mol. The van der Waals surface area contributed by atoms with Crippen molar-refractivity contribution in [1.29, 1.82) is 0 Å². The first-order chi connectivity index (χ1) is 8.65. The molecule has 0 radical (unpaired) electrons. The SMILES string of the molecule is O=C(OCC12CC3CC(C1)C3C2)C(F)(F)S(=O)(=O)O. The minimum Gasteiger partial charge on any atom is -0.460 e. The van der Waals surface area contributed by atoms with E-state index in [1.165, 1.54) is 6.42 Å². The lowest BCUT2D eigenvalue weighted by atomic mass is 9.61. The van der Waals surface area contributed by atoms with E-state index in [2.05, 4.69) is 4.74 Å². The molecule has 108 valence electrons. The summed E-state index contributed by atoms with van der Waals surface area (Å²) in [6.45, 7) is -0.180. The predicted octanol–water partition coefficient (Wildman–Crippen LogP) is 1.45. The van der Waals surface area contributed by atoms with Crippen LogP contribution in [0.2, 0.25) is 0 Å². The summed E-state index contributed by atoms with van der Waals surface area (Å²) in [5, 5.41) is -4.89. The van der Waals surface area contributed by atoms with Crippen LogP contribution in [0, 0.1) is 23.2 Å². The zero-order valence-electron chi connectivity index (χ0n) is 10.0. The Morgan fingerprint density at radius 2 is 1.89 bits per heavy atom. The quantitative estimate of drug-likeness (QED) is 0.627. The standard InChI is InChI=1S/C11H14F2O5S/c12-11(13,19(15,16)17)9(14)18-5-10-2-6-1-7(3-10)8(6)4-10/h6-8H,1-5H2,(H,15,16,17). The van der Waals surface area contributed by atoms with Crippen molar-refractivity contribution in [3.8, 4) is 0 Å². The van der Waals surface area contributed by atoms with E-state index in [-0.39, 0.29) is 12.0 Å². The van der Waals surface area contributed by atoms with Crippen molar-refractivity contribution in [3.63, 3.8) is 0 Å². The Morgan fingerprint density at radius 1 is 1.32 bits per heavy atom. The second-order valence-electron chi connectivity index (χ2n) is 6.10. The number of esters is 1. The highest BCUT2D eigenvalue weighted by Gasteiger charge is 2.63. The molecule has 0 aromatic heterocycles. The molecule has 0 amide bonds. The van der Waals surface area contributed by atoms with Gasteiger partial charge in [0.15, 0.2) is 0 Å². The number of carbonyl (C=O) groups is 1. The van der Waals surface area contributed by atoms with Crippen LogP contribution >= 0.6 is 0 Å². The highest BCUT2D eigenvalue weighted by Crippen LogP contribution is 2.69. The molecule has 2 unspecified atom stereocenters. The van der Waals surface area contributed by atoms with Gasteiger partial charge in [0.1, 0.15) is 0 Å². The molecular formula is C11H14F2O5S. The number of carbonyl (C=O) groups excluding carboxylic acids is 1. The fourth-order valence-corrected chi connectivity index (χ4v) is 4.45. The smallest absolute Gasteiger partial charge is 0.460 e. The topological polar surface area (TPSA) is 80.7 Å². The molecule has 0 aliphatic heterocycles. The third-order valence-corrected chi connectivity index (χ3v) is 5.76. The summed E-state index contributed by atoms with van der Waals surface area (Å²) in [5.74, 6) is -0.340. The molecule has 5 nitrogen and oxygen atoms in total. The summed E-state index contributed by atoms with van der Waals surface area (Å²) in [6.07, 6.45) is 3.76. The molecule has 2 atom stereocenters. The fourth-order valence-electron chi connectivity index (χ4n) is 4.18. The summed E-state index contributed by atoms with van der Waals surface area (Å²) >= 11 is 0. The Hall–Kier alpha value is -0.760. The summed E-state index contributed by atoms with van der Waals surface area (Å²) in [7, 11) is -5.77. The lowest BCUT2D eigenvalue weighted by molar-refractivity contribution is -0.165. The first-order valence-corrected chi connectivity index (χ1v) is 7.61. The van der Waals surface area contributed by atoms with Crippen LogP contribution in [0.4, 0.5) is 8.78 Å². The molecule has 8 heteroatoms. The molecule has 3 aliphatic carbocycles. The summed E-state index contributed by atoms with van der Waals surface area (Å²) in [4.78, 5) is 11.1. The summed E-state index contributed by atoms with van der Waals surface area (Å²) < 4.78 is 59.6. The second kappa shape index (κ2) is 3.66. The Kier molecular flexibility index (Phi) is 2.55. The molecule has 0 heterocycles. The van der Waals surface area contributed by atoms with Crippen molar-refractivity contribution in [2.24, 2.45) is 23.2 Å². The largest absolute Gasteiger partial charge is 0.465 e. The first kappa shape index (κ1) is 13.2. The molecule has 2 bridgehead atoms.